The van der Waals surface area contributed by atoms with Crippen LogP contribution < -0.4 is 5.32 Å². The van der Waals surface area contributed by atoms with E-state index >= 15 is 0 Å². The first-order valence-electron chi connectivity index (χ1n) is 10.8. The van der Waals surface area contributed by atoms with E-state index in [1.54, 1.807) is 0 Å². The van der Waals surface area contributed by atoms with Crippen molar-refractivity contribution < 1.29 is 4.52 Å². The lowest BCUT2D eigenvalue weighted by Gasteiger charge is -2.29. The van der Waals surface area contributed by atoms with Crippen molar-refractivity contribution in [1.29, 1.82) is 0 Å². The largest absolute Gasteiger partial charge is 0.394 e. The summed E-state index contributed by atoms with van der Waals surface area (Å²) in [6.45, 7) is 2.06. The van der Waals surface area contributed by atoms with Gasteiger partial charge < -0.3 is 14.4 Å². The highest BCUT2D eigenvalue weighted by molar-refractivity contribution is 6.30. The summed E-state index contributed by atoms with van der Waals surface area (Å²) in [5.74, 6) is 2.27. The van der Waals surface area contributed by atoms with E-state index in [2.05, 4.69) is 57.4 Å². The molecule has 4 rings (SSSR count). The van der Waals surface area contributed by atoms with Crippen molar-refractivity contribution in [3.8, 4) is 11.5 Å². The molecule has 0 spiro atoms. The number of benzene rings is 1. The Morgan fingerprint density at radius 3 is 2.52 bits per heavy atom. The summed E-state index contributed by atoms with van der Waals surface area (Å²) in [7, 11) is 3.97. The molecule has 2 aromatic heterocycles. The highest BCUT2D eigenvalue weighted by Crippen LogP contribution is 2.38. The van der Waals surface area contributed by atoms with E-state index in [1.165, 1.54) is 16.8 Å². The number of aromatic nitrogens is 3. The molecule has 1 aromatic carbocycles. The Morgan fingerprint density at radius 1 is 1.13 bits per heavy atom. The summed E-state index contributed by atoms with van der Waals surface area (Å²) in [5, 5.41) is 8.13. The molecule has 3 aromatic rings. The molecule has 2 heterocycles. The summed E-state index contributed by atoms with van der Waals surface area (Å²) in [5.41, 5.74) is 4.74. The second kappa shape index (κ2) is 9.56. The topological polar surface area (TPSA) is 55.9 Å². The highest BCUT2D eigenvalue weighted by Gasteiger charge is 2.23. The summed E-state index contributed by atoms with van der Waals surface area (Å²) >= 11 is 6.07. The molecule has 0 amide bonds. The number of aryl methyl sites for hydroxylation is 1. The van der Waals surface area contributed by atoms with E-state index < -0.39 is 0 Å². The van der Waals surface area contributed by atoms with Crippen molar-refractivity contribution in [2.75, 3.05) is 7.05 Å². The lowest BCUT2D eigenvalue weighted by Crippen LogP contribution is -2.16. The predicted molar refractivity (Wildman–Crippen MR) is 126 cm³/mol. The lowest BCUT2D eigenvalue weighted by molar-refractivity contribution is 0.363. The molecule has 0 radical (unpaired) electrons. The predicted octanol–water partition coefficient (Wildman–Crippen LogP) is 6.12. The van der Waals surface area contributed by atoms with Gasteiger partial charge in [0.15, 0.2) is 0 Å². The van der Waals surface area contributed by atoms with E-state index in [4.69, 9.17) is 16.1 Å². The van der Waals surface area contributed by atoms with Crippen LogP contribution in [0.5, 0.6) is 0 Å². The fourth-order valence-electron chi connectivity index (χ4n) is 4.32. The SMILES string of the molecule is CNC=C(c1ccc(Cl)cc1)C1CCC(C=Cc2nc(-c3ccc(C)n3C)no2)CC1. The van der Waals surface area contributed by atoms with Gasteiger partial charge in [-0.15, -0.1) is 0 Å². The van der Waals surface area contributed by atoms with Crippen LogP contribution in [-0.4, -0.2) is 21.8 Å². The van der Waals surface area contributed by atoms with Gasteiger partial charge in [0, 0.05) is 31.0 Å². The zero-order chi connectivity index (χ0) is 21.8. The number of hydrogen-bond acceptors (Lipinski definition) is 4. The molecule has 0 unspecified atom stereocenters. The number of nitrogens with zero attached hydrogens (tertiary/aromatic N) is 3. The fraction of sp³-hybridized carbons (Fsp3) is 0.360. The zero-order valence-corrected chi connectivity index (χ0v) is 19.1. The van der Waals surface area contributed by atoms with Crippen molar-refractivity contribution in [3.63, 3.8) is 0 Å². The normalized spacial score (nSPS) is 19.8. The summed E-state index contributed by atoms with van der Waals surface area (Å²) < 4.78 is 7.51. The average molecular weight is 437 g/mol. The molecule has 1 N–H and O–H groups in total. The second-order valence-electron chi connectivity index (χ2n) is 8.24. The van der Waals surface area contributed by atoms with Gasteiger partial charge in [-0.3, -0.25) is 0 Å². The second-order valence-corrected chi connectivity index (χ2v) is 8.68. The zero-order valence-electron chi connectivity index (χ0n) is 18.3. The molecule has 0 bridgehead atoms. The van der Waals surface area contributed by atoms with Crippen molar-refractivity contribution in [1.82, 2.24) is 20.0 Å². The van der Waals surface area contributed by atoms with E-state index in [-0.39, 0.29) is 0 Å². The van der Waals surface area contributed by atoms with Crippen LogP contribution in [0, 0.1) is 18.8 Å². The quantitative estimate of drug-likeness (QED) is 0.506. The smallest absolute Gasteiger partial charge is 0.250 e. The standard InChI is InChI=1S/C25H29ClN4O/c1-17-4-14-23(30(17)3)25-28-24(31-29-25)15-7-18-5-8-19(9-6-18)22(16-27-2)20-10-12-21(26)13-11-20/h4,7,10-16,18-19,27H,5-6,8-9H2,1-3H3. The van der Waals surface area contributed by atoms with Crippen LogP contribution >= 0.6 is 11.6 Å². The third-order valence-electron chi connectivity index (χ3n) is 6.24. The minimum atomic E-state index is 0.532. The first kappa shape index (κ1) is 21.4. The first-order valence-corrected chi connectivity index (χ1v) is 11.2. The average Bonchev–Trinajstić information content (AvgIpc) is 3.38. The summed E-state index contributed by atoms with van der Waals surface area (Å²) in [6.07, 6.45) is 10.9. The van der Waals surface area contributed by atoms with Crippen LogP contribution in [0.1, 0.15) is 42.8 Å². The van der Waals surface area contributed by atoms with Crippen LogP contribution in [0.25, 0.3) is 23.2 Å². The summed E-state index contributed by atoms with van der Waals surface area (Å²) in [6, 6.07) is 12.2. The molecule has 0 aliphatic heterocycles. The molecule has 1 saturated carbocycles. The minimum absolute atomic E-state index is 0.532. The Hall–Kier alpha value is -2.79. The van der Waals surface area contributed by atoms with Crippen molar-refractivity contribution in [3.05, 3.63) is 70.8 Å². The molecule has 0 saturated heterocycles. The molecule has 1 aliphatic carbocycles. The Morgan fingerprint density at radius 2 is 1.87 bits per heavy atom. The van der Waals surface area contributed by atoms with Gasteiger partial charge >= 0.3 is 0 Å². The van der Waals surface area contributed by atoms with Crippen molar-refractivity contribution in [2.45, 2.75) is 32.6 Å². The number of nitrogens with one attached hydrogen (secondary N) is 1. The minimum Gasteiger partial charge on any atom is -0.394 e. The molecular formula is C25H29ClN4O. The molecule has 162 valence electrons. The molecule has 31 heavy (non-hydrogen) atoms. The Balaban J connectivity index is 1.38. The van der Waals surface area contributed by atoms with Crippen LogP contribution in [0.4, 0.5) is 0 Å². The van der Waals surface area contributed by atoms with Crippen LogP contribution in [0.3, 0.4) is 0 Å². The van der Waals surface area contributed by atoms with E-state index in [1.807, 2.05) is 38.4 Å². The highest BCUT2D eigenvalue weighted by atomic mass is 35.5. The maximum absolute atomic E-state index is 6.07. The fourth-order valence-corrected chi connectivity index (χ4v) is 4.45. The molecule has 5 nitrogen and oxygen atoms in total. The van der Waals surface area contributed by atoms with Gasteiger partial charge in [-0.05, 0) is 85.9 Å². The van der Waals surface area contributed by atoms with E-state index in [9.17, 15) is 0 Å². The van der Waals surface area contributed by atoms with Crippen LogP contribution in [-0.2, 0) is 7.05 Å². The molecule has 0 atom stereocenters. The summed E-state index contributed by atoms with van der Waals surface area (Å²) in [4.78, 5) is 4.54. The molecule has 1 aliphatic rings. The van der Waals surface area contributed by atoms with Gasteiger partial charge in [0.25, 0.3) is 5.89 Å². The van der Waals surface area contributed by atoms with Gasteiger partial charge in [-0.1, -0.05) is 35.0 Å². The third-order valence-corrected chi connectivity index (χ3v) is 6.50. The Kier molecular flexibility index (Phi) is 6.62. The lowest BCUT2D eigenvalue weighted by atomic mass is 9.77. The molecule has 1 fully saturated rings. The van der Waals surface area contributed by atoms with Crippen molar-refractivity contribution >= 4 is 23.3 Å². The van der Waals surface area contributed by atoms with E-state index in [0.29, 0.717) is 23.6 Å². The maximum atomic E-state index is 6.07. The van der Waals surface area contributed by atoms with Crippen LogP contribution in [0.2, 0.25) is 5.02 Å². The van der Waals surface area contributed by atoms with Gasteiger partial charge in [0.05, 0.1) is 5.69 Å². The Bertz CT molecular complexity index is 1070. The number of rotatable bonds is 6. The maximum Gasteiger partial charge on any atom is 0.250 e. The Labute approximate surface area is 188 Å². The molecule has 6 heteroatoms. The molecular weight excluding hydrogens is 408 g/mol. The number of hydrogen-bond donors (Lipinski definition) is 1. The van der Waals surface area contributed by atoms with Gasteiger partial charge in [0.2, 0.25) is 5.82 Å². The number of allylic oxidation sites excluding steroid dienone is 2. The van der Waals surface area contributed by atoms with Crippen LogP contribution in [0.15, 0.2) is 53.2 Å². The van der Waals surface area contributed by atoms with E-state index in [0.717, 1.165) is 36.4 Å². The first-order chi connectivity index (χ1) is 15.0. The van der Waals surface area contributed by atoms with Crippen molar-refractivity contribution in [2.24, 2.45) is 18.9 Å². The van der Waals surface area contributed by atoms with Gasteiger partial charge in [-0.2, -0.15) is 4.98 Å². The number of halogens is 1. The monoisotopic (exact) mass is 436 g/mol. The van der Waals surface area contributed by atoms with Gasteiger partial charge in [0.1, 0.15) is 0 Å². The van der Waals surface area contributed by atoms with Gasteiger partial charge in [-0.25, -0.2) is 0 Å². The third kappa shape index (κ3) is 4.93.